The minimum atomic E-state index is -0.194. The Labute approximate surface area is 158 Å². The monoisotopic (exact) mass is 372 g/mol. The topological polar surface area (TPSA) is 78.1 Å². The quantitative estimate of drug-likeness (QED) is 0.697. The van der Waals surface area contributed by atoms with Crippen molar-refractivity contribution in [1.29, 1.82) is 0 Å². The third-order valence-corrected chi connectivity index (χ3v) is 4.27. The van der Waals surface area contributed by atoms with Gasteiger partial charge >= 0.3 is 6.03 Å². The maximum Gasteiger partial charge on any atom is 0.315 e. The van der Waals surface area contributed by atoms with Crippen molar-refractivity contribution in [2.24, 2.45) is 0 Å². The molecule has 3 rings (SSSR count). The van der Waals surface area contributed by atoms with Crippen LogP contribution in [0.5, 0.6) is 23.0 Å². The molecule has 0 atom stereocenters. The van der Waals surface area contributed by atoms with Crippen LogP contribution in [0.1, 0.15) is 17.5 Å². The molecule has 0 radical (unpaired) electrons. The van der Waals surface area contributed by atoms with Crippen LogP contribution in [0.15, 0.2) is 36.4 Å². The molecule has 0 saturated heterocycles. The fourth-order valence-electron chi connectivity index (χ4n) is 2.83. The molecule has 0 saturated carbocycles. The first-order valence-electron chi connectivity index (χ1n) is 8.80. The summed E-state index contributed by atoms with van der Waals surface area (Å²) >= 11 is 0. The number of fused-ring (bicyclic) bond motifs is 1. The molecule has 1 heterocycles. The lowest BCUT2D eigenvalue weighted by atomic mass is 10.1. The lowest BCUT2D eigenvalue weighted by Gasteiger charge is -2.10. The van der Waals surface area contributed by atoms with Gasteiger partial charge in [0.25, 0.3) is 0 Å². The second-order valence-corrected chi connectivity index (χ2v) is 6.09. The van der Waals surface area contributed by atoms with Gasteiger partial charge in [0.15, 0.2) is 23.0 Å². The number of urea groups is 1. The van der Waals surface area contributed by atoms with Crippen molar-refractivity contribution in [1.82, 2.24) is 10.6 Å². The average Bonchev–Trinajstić information content (AvgIpc) is 3.17. The van der Waals surface area contributed by atoms with Crippen molar-refractivity contribution in [3.05, 3.63) is 47.5 Å². The first-order chi connectivity index (χ1) is 13.2. The highest BCUT2D eigenvalue weighted by Crippen LogP contribution is 2.32. The molecule has 2 N–H and O–H groups in total. The number of rotatable bonds is 8. The highest BCUT2D eigenvalue weighted by molar-refractivity contribution is 5.73. The minimum Gasteiger partial charge on any atom is -0.493 e. The van der Waals surface area contributed by atoms with E-state index in [2.05, 4.69) is 10.6 Å². The predicted molar refractivity (Wildman–Crippen MR) is 101 cm³/mol. The van der Waals surface area contributed by atoms with Crippen LogP contribution >= 0.6 is 0 Å². The summed E-state index contributed by atoms with van der Waals surface area (Å²) in [5.74, 6) is 2.87. The van der Waals surface area contributed by atoms with Gasteiger partial charge in [-0.15, -0.1) is 0 Å². The van der Waals surface area contributed by atoms with Gasteiger partial charge in [-0.25, -0.2) is 4.79 Å². The van der Waals surface area contributed by atoms with Gasteiger partial charge in [0.2, 0.25) is 6.79 Å². The molecule has 0 bridgehead atoms. The summed E-state index contributed by atoms with van der Waals surface area (Å²) < 4.78 is 21.1. The van der Waals surface area contributed by atoms with Gasteiger partial charge in [0.05, 0.1) is 14.2 Å². The third kappa shape index (κ3) is 4.97. The molecular weight excluding hydrogens is 348 g/mol. The van der Waals surface area contributed by atoms with Crippen molar-refractivity contribution in [3.63, 3.8) is 0 Å². The largest absolute Gasteiger partial charge is 0.493 e. The van der Waals surface area contributed by atoms with Gasteiger partial charge < -0.3 is 29.6 Å². The average molecular weight is 372 g/mol. The summed E-state index contributed by atoms with van der Waals surface area (Å²) in [6.07, 6.45) is 1.66. The van der Waals surface area contributed by atoms with Crippen LogP contribution in [-0.2, 0) is 13.0 Å². The highest BCUT2D eigenvalue weighted by Gasteiger charge is 2.13. The van der Waals surface area contributed by atoms with Gasteiger partial charge in [0, 0.05) is 13.1 Å². The summed E-state index contributed by atoms with van der Waals surface area (Å²) in [4.78, 5) is 11.9. The molecule has 0 aromatic heterocycles. The highest BCUT2D eigenvalue weighted by atomic mass is 16.7. The lowest BCUT2D eigenvalue weighted by Crippen LogP contribution is -2.35. The van der Waals surface area contributed by atoms with E-state index in [9.17, 15) is 4.79 Å². The van der Waals surface area contributed by atoms with Crippen molar-refractivity contribution in [2.75, 3.05) is 27.6 Å². The van der Waals surface area contributed by atoms with Gasteiger partial charge in [0.1, 0.15) is 0 Å². The summed E-state index contributed by atoms with van der Waals surface area (Å²) in [5, 5.41) is 5.70. The number of benzene rings is 2. The van der Waals surface area contributed by atoms with E-state index in [1.54, 1.807) is 14.2 Å². The van der Waals surface area contributed by atoms with Crippen molar-refractivity contribution in [3.8, 4) is 23.0 Å². The van der Waals surface area contributed by atoms with Crippen LogP contribution in [-0.4, -0.2) is 33.6 Å². The molecule has 2 aromatic carbocycles. The van der Waals surface area contributed by atoms with E-state index in [1.165, 1.54) is 0 Å². The number of carbonyl (C=O) groups excluding carboxylic acids is 1. The SMILES string of the molecule is COc1ccc(CCCNC(=O)NCc2ccc3c(c2)OCO3)cc1OC. The van der Waals surface area contributed by atoms with Gasteiger partial charge in [-0.3, -0.25) is 0 Å². The van der Waals surface area contributed by atoms with E-state index in [0.717, 1.165) is 29.7 Å². The molecule has 0 unspecified atom stereocenters. The molecule has 7 nitrogen and oxygen atoms in total. The molecule has 0 spiro atoms. The summed E-state index contributed by atoms with van der Waals surface area (Å²) in [6.45, 7) is 1.26. The molecule has 2 aromatic rings. The second kappa shape index (κ2) is 9.02. The molecule has 2 amide bonds. The van der Waals surface area contributed by atoms with Crippen LogP contribution in [0.25, 0.3) is 0 Å². The zero-order chi connectivity index (χ0) is 19.1. The molecule has 27 heavy (non-hydrogen) atoms. The van der Waals surface area contributed by atoms with Crippen molar-refractivity contribution < 1.29 is 23.7 Å². The Balaban J connectivity index is 1.37. The van der Waals surface area contributed by atoms with Crippen LogP contribution < -0.4 is 29.6 Å². The number of ether oxygens (including phenoxy) is 4. The first-order valence-corrected chi connectivity index (χ1v) is 8.80. The van der Waals surface area contributed by atoms with E-state index in [1.807, 2.05) is 36.4 Å². The summed E-state index contributed by atoms with van der Waals surface area (Å²) in [6, 6.07) is 11.3. The van der Waals surface area contributed by atoms with E-state index in [4.69, 9.17) is 18.9 Å². The molecule has 7 heteroatoms. The summed E-state index contributed by atoms with van der Waals surface area (Å²) in [7, 11) is 3.23. The van der Waals surface area contributed by atoms with Crippen LogP contribution in [0.2, 0.25) is 0 Å². The number of nitrogens with one attached hydrogen (secondary N) is 2. The van der Waals surface area contributed by atoms with E-state index >= 15 is 0 Å². The smallest absolute Gasteiger partial charge is 0.315 e. The molecule has 1 aliphatic rings. The number of hydrogen-bond donors (Lipinski definition) is 2. The molecule has 144 valence electrons. The number of aryl methyl sites for hydroxylation is 1. The van der Waals surface area contributed by atoms with Crippen molar-refractivity contribution in [2.45, 2.75) is 19.4 Å². The molecular formula is C20H24N2O5. The van der Waals surface area contributed by atoms with Crippen LogP contribution in [0.4, 0.5) is 4.79 Å². The second-order valence-electron chi connectivity index (χ2n) is 6.09. The van der Waals surface area contributed by atoms with Gasteiger partial charge in [-0.2, -0.15) is 0 Å². The number of amides is 2. The maximum atomic E-state index is 11.9. The van der Waals surface area contributed by atoms with Crippen LogP contribution in [0, 0.1) is 0 Å². The van der Waals surface area contributed by atoms with E-state index in [-0.39, 0.29) is 12.8 Å². The fraction of sp³-hybridized carbons (Fsp3) is 0.350. The third-order valence-electron chi connectivity index (χ3n) is 4.27. The standard InChI is InChI=1S/C20H24N2O5/c1-24-16-7-5-14(10-18(16)25-2)4-3-9-21-20(23)22-12-15-6-8-17-19(11-15)27-13-26-17/h5-8,10-11H,3-4,9,12-13H2,1-2H3,(H2,21,22,23). The fourth-order valence-corrected chi connectivity index (χ4v) is 2.83. The Morgan fingerprint density at radius 1 is 0.963 bits per heavy atom. The van der Waals surface area contributed by atoms with Crippen LogP contribution in [0.3, 0.4) is 0 Å². The molecule has 0 aliphatic carbocycles. The Kier molecular flexibility index (Phi) is 6.25. The first kappa shape index (κ1) is 18.7. The Morgan fingerprint density at radius 3 is 2.56 bits per heavy atom. The summed E-state index contributed by atoms with van der Waals surface area (Å²) in [5.41, 5.74) is 2.09. The number of methoxy groups -OCH3 is 2. The lowest BCUT2D eigenvalue weighted by molar-refractivity contribution is 0.174. The number of carbonyl (C=O) groups is 1. The van der Waals surface area contributed by atoms with E-state index in [0.29, 0.717) is 30.3 Å². The maximum absolute atomic E-state index is 11.9. The van der Waals surface area contributed by atoms with Crippen molar-refractivity contribution >= 4 is 6.03 Å². The number of hydrogen-bond acceptors (Lipinski definition) is 5. The predicted octanol–water partition coefficient (Wildman–Crippen LogP) is 2.86. The Bertz CT molecular complexity index is 794. The zero-order valence-corrected chi connectivity index (χ0v) is 15.5. The normalized spacial score (nSPS) is 11.8. The van der Waals surface area contributed by atoms with Gasteiger partial charge in [-0.1, -0.05) is 12.1 Å². The zero-order valence-electron chi connectivity index (χ0n) is 15.5. The Morgan fingerprint density at radius 2 is 1.74 bits per heavy atom. The van der Waals surface area contributed by atoms with E-state index < -0.39 is 0 Å². The molecule has 1 aliphatic heterocycles. The minimum absolute atomic E-state index is 0.194. The Hall–Kier alpha value is -3.09. The van der Waals surface area contributed by atoms with Gasteiger partial charge in [-0.05, 0) is 48.2 Å². The molecule has 0 fully saturated rings.